The number of pyridine rings is 1. The van der Waals surface area contributed by atoms with E-state index < -0.39 is 12.1 Å². The SMILES string of the molecule is O=Cc1c(C(F)F)ncc(O)c1Br. The first-order valence-corrected chi connectivity index (χ1v) is 3.98. The number of aromatic nitrogens is 1. The van der Waals surface area contributed by atoms with Crippen LogP contribution in [-0.4, -0.2) is 16.4 Å². The van der Waals surface area contributed by atoms with Crippen LogP contribution in [-0.2, 0) is 0 Å². The Bertz CT molecular complexity index is 344. The smallest absolute Gasteiger partial charge is 0.281 e. The molecular weight excluding hydrogens is 248 g/mol. The van der Waals surface area contributed by atoms with Crippen molar-refractivity contribution in [2.45, 2.75) is 6.43 Å². The second kappa shape index (κ2) is 3.78. The summed E-state index contributed by atoms with van der Waals surface area (Å²) in [5, 5.41) is 9.02. The van der Waals surface area contributed by atoms with Crippen molar-refractivity contribution < 1.29 is 18.7 Å². The van der Waals surface area contributed by atoms with Gasteiger partial charge in [-0.25, -0.2) is 8.78 Å². The molecule has 0 aliphatic heterocycles. The molecule has 0 saturated carbocycles. The molecule has 6 heteroatoms. The fraction of sp³-hybridized carbons (Fsp3) is 0.143. The van der Waals surface area contributed by atoms with Crippen molar-refractivity contribution in [3.63, 3.8) is 0 Å². The maximum atomic E-state index is 12.2. The Morgan fingerprint density at radius 3 is 2.69 bits per heavy atom. The van der Waals surface area contributed by atoms with Crippen LogP contribution in [0.1, 0.15) is 22.5 Å². The molecule has 0 aromatic carbocycles. The first-order chi connectivity index (χ1) is 6.07. The van der Waals surface area contributed by atoms with Crippen LogP contribution < -0.4 is 0 Å². The zero-order chi connectivity index (χ0) is 10.0. The molecule has 0 unspecified atom stereocenters. The number of alkyl halides is 2. The minimum absolute atomic E-state index is 0.0622. The first kappa shape index (κ1) is 10.0. The van der Waals surface area contributed by atoms with Gasteiger partial charge in [0.25, 0.3) is 6.43 Å². The largest absolute Gasteiger partial charge is 0.505 e. The van der Waals surface area contributed by atoms with Crippen molar-refractivity contribution in [3.05, 3.63) is 21.9 Å². The lowest BCUT2D eigenvalue weighted by atomic mass is 10.2. The molecule has 70 valence electrons. The van der Waals surface area contributed by atoms with E-state index >= 15 is 0 Å². The van der Waals surface area contributed by atoms with E-state index in [0.29, 0.717) is 0 Å². The molecule has 1 heterocycles. The van der Waals surface area contributed by atoms with Crippen LogP contribution in [0.25, 0.3) is 0 Å². The maximum Gasteiger partial charge on any atom is 0.281 e. The quantitative estimate of drug-likeness (QED) is 0.821. The van der Waals surface area contributed by atoms with Gasteiger partial charge in [0, 0.05) is 0 Å². The summed E-state index contributed by atoms with van der Waals surface area (Å²) in [6.07, 6.45) is -1.76. The molecule has 0 radical (unpaired) electrons. The Balaban J connectivity index is 3.38. The fourth-order valence-electron chi connectivity index (χ4n) is 0.793. The number of halogens is 3. The lowest BCUT2D eigenvalue weighted by molar-refractivity contribution is 0.110. The molecule has 1 aromatic rings. The van der Waals surface area contributed by atoms with Crippen LogP contribution in [0, 0.1) is 0 Å². The predicted molar refractivity (Wildman–Crippen MR) is 43.9 cm³/mol. The Hall–Kier alpha value is -1.04. The van der Waals surface area contributed by atoms with Gasteiger partial charge in [0.15, 0.2) is 6.29 Å². The van der Waals surface area contributed by atoms with Crippen LogP contribution in [0.15, 0.2) is 10.7 Å². The van der Waals surface area contributed by atoms with E-state index in [2.05, 4.69) is 20.9 Å². The average molecular weight is 252 g/mol. The number of hydrogen-bond acceptors (Lipinski definition) is 3. The highest BCUT2D eigenvalue weighted by atomic mass is 79.9. The summed E-state index contributed by atoms with van der Waals surface area (Å²) in [4.78, 5) is 13.6. The Morgan fingerprint density at radius 1 is 1.62 bits per heavy atom. The fourth-order valence-corrected chi connectivity index (χ4v) is 1.19. The van der Waals surface area contributed by atoms with Gasteiger partial charge >= 0.3 is 0 Å². The normalized spacial score (nSPS) is 10.5. The van der Waals surface area contributed by atoms with E-state index in [1.165, 1.54) is 0 Å². The van der Waals surface area contributed by atoms with Crippen molar-refractivity contribution in [2.24, 2.45) is 0 Å². The lowest BCUT2D eigenvalue weighted by Crippen LogP contribution is -1.98. The van der Waals surface area contributed by atoms with Gasteiger partial charge in [-0.05, 0) is 15.9 Å². The van der Waals surface area contributed by atoms with E-state index in [1.807, 2.05) is 0 Å². The van der Waals surface area contributed by atoms with Gasteiger partial charge in [-0.3, -0.25) is 9.78 Å². The number of aldehydes is 1. The number of rotatable bonds is 2. The van der Waals surface area contributed by atoms with Crippen LogP contribution in [0.3, 0.4) is 0 Å². The molecule has 0 aliphatic rings. The van der Waals surface area contributed by atoms with Gasteiger partial charge < -0.3 is 5.11 Å². The van der Waals surface area contributed by atoms with Crippen molar-refractivity contribution in [2.75, 3.05) is 0 Å². The van der Waals surface area contributed by atoms with Crippen molar-refractivity contribution in [1.82, 2.24) is 4.98 Å². The molecule has 0 bridgehead atoms. The maximum absolute atomic E-state index is 12.2. The van der Waals surface area contributed by atoms with E-state index in [0.717, 1.165) is 6.20 Å². The zero-order valence-corrected chi connectivity index (χ0v) is 7.75. The van der Waals surface area contributed by atoms with Crippen LogP contribution in [0.4, 0.5) is 8.78 Å². The molecule has 3 nitrogen and oxygen atoms in total. The summed E-state index contributed by atoms with van der Waals surface area (Å²) in [6.45, 7) is 0. The summed E-state index contributed by atoms with van der Waals surface area (Å²) < 4.78 is 24.3. The van der Waals surface area contributed by atoms with Gasteiger partial charge in [0.2, 0.25) is 0 Å². The number of nitrogens with zero attached hydrogens (tertiary/aromatic N) is 1. The molecule has 13 heavy (non-hydrogen) atoms. The van der Waals surface area contributed by atoms with Crippen molar-refractivity contribution >= 4 is 22.2 Å². The third-order valence-corrected chi connectivity index (χ3v) is 2.22. The van der Waals surface area contributed by atoms with Crippen molar-refractivity contribution in [3.8, 4) is 5.75 Å². The molecule has 0 fully saturated rings. The molecular formula is C7H4BrF2NO2. The minimum Gasteiger partial charge on any atom is -0.505 e. The van der Waals surface area contributed by atoms with Gasteiger partial charge in [-0.2, -0.15) is 0 Å². The van der Waals surface area contributed by atoms with Crippen LogP contribution in [0.2, 0.25) is 0 Å². The monoisotopic (exact) mass is 251 g/mol. The van der Waals surface area contributed by atoms with Gasteiger partial charge in [0.05, 0.1) is 16.2 Å². The number of hydrogen-bond donors (Lipinski definition) is 1. The molecule has 1 aromatic heterocycles. The highest BCUT2D eigenvalue weighted by Gasteiger charge is 2.18. The molecule has 0 atom stereocenters. The summed E-state index contributed by atoms with van der Waals surface area (Å²) >= 11 is 2.80. The highest BCUT2D eigenvalue weighted by Crippen LogP contribution is 2.31. The first-order valence-electron chi connectivity index (χ1n) is 3.18. The van der Waals surface area contributed by atoms with Crippen LogP contribution in [0.5, 0.6) is 5.75 Å². The number of carbonyl (C=O) groups excluding carboxylic acids is 1. The van der Waals surface area contributed by atoms with E-state index in [4.69, 9.17) is 5.11 Å². The Kier molecular flexibility index (Phi) is 2.92. The topological polar surface area (TPSA) is 50.2 Å². The minimum atomic E-state index is -2.84. The van der Waals surface area contributed by atoms with E-state index in [1.54, 1.807) is 0 Å². The van der Waals surface area contributed by atoms with Gasteiger partial charge in [-0.1, -0.05) is 0 Å². The number of carbonyl (C=O) groups is 1. The predicted octanol–water partition coefficient (Wildman–Crippen LogP) is 2.30. The molecule has 0 amide bonds. The summed E-state index contributed by atoms with van der Waals surface area (Å²) in [5.74, 6) is -0.341. The summed E-state index contributed by atoms with van der Waals surface area (Å²) in [5.41, 5.74) is -0.963. The third-order valence-electron chi connectivity index (χ3n) is 1.39. The summed E-state index contributed by atoms with van der Waals surface area (Å²) in [6, 6.07) is 0. The molecule has 0 aliphatic carbocycles. The Labute approximate surface area is 80.5 Å². The second-order valence-electron chi connectivity index (χ2n) is 2.17. The molecule has 1 N–H and O–H groups in total. The Morgan fingerprint density at radius 2 is 2.23 bits per heavy atom. The van der Waals surface area contributed by atoms with Gasteiger partial charge in [-0.15, -0.1) is 0 Å². The van der Waals surface area contributed by atoms with E-state index in [9.17, 15) is 13.6 Å². The van der Waals surface area contributed by atoms with Gasteiger partial charge in [0.1, 0.15) is 11.4 Å². The number of aromatic hydroxyl groups is 1. The van der Waals surface area contributed by atoms with Crippen LogP contribution >= 0.6 is 15.9 Å². The zero-order valence-electron chi connectivity index (χ0n) is 6.17. The molecule has 1 rings (SSSR count). The van der Waals surface area contributed by atoms with E-state index in [-0.39, 0.29) is 22.1 Å². The average Bonchev–Trinajstić information content (AvgIpc) is 2.09. The highest BCUT2D eigenvalue weighted by molar-refractivity contribution is 9.10. The second-order valence-corrected chi connectivity index (χ2v) is 2.97. The summed E-state index contributed by atoms with van der Waals surface area (Å²) in [7, 11) is 0. The standard InChI is InChI=1S/C7H4BrF2NO2/c8-5-3(2-12)6(7(9)10)11-1-4(5)13/h1-2,7,13H. The molecule has 0 saturated heterocycles. The third kappa shape index (κ3) is 1.82. The van der Waals surface area contributed by atoms with Crippen molar-refractivity contribution in [1.29, 1.82) is 0 Å². The lowest BCUT2D eigenvalue weighted by Gasteiger charge is -2.05. The molecule has 0 spiro atoms.